The maximum absolute atomic E-state index is 10.8. The molecule has 3 nitrogen and oxygen atoms in total. The van der Waals surface area contributed by atoms with Crippen molar-refractivity contribution in [3.63, 3.8) is 0 Å². The van der Waals surface area contributed by atoms with Gasteiger partial charge in [-0.1, -0.05) is 0 Å². The SMILES string of the molecule is CS(=O)CCNc1ccc(C#N)cc1. The van der Waals surface area contributed by atoms with Crippen molar-refractivity contribution in [2.75, 3.05) is 23.9 Å². The zero-order chi connectivity index (χ0) is 10.4. The molecule has 1 rings (SSSR count). The summed E-state index contributed by atoms with van der Waals surface area (Å²) < 4.78 is 10.8. The zero-order valence-corrected chi connectivity index (χ0v) is 8.80. The van der Waals surface area contributed by atoms with Crippen LogP contribution < -0.4 is 5.32 Å². The highest BCUT2D eigenvalue weighted by Crippen LogP contribution is 2.07. The zero-order valence-electron chi connectivity index (χ0n) is 7.99. The fourth-order valence-corrected chi connectivity index (χ4v) is 1.39. The van der Waals surface area contributed by atoms with E-state index >= 15 is 0 Å². The average molecular weight is 208 g/mol. The molecule has 0 bridgehead atoms. The maximum atomic E-state index is 10.8. The molecule has 0 aliphatic rings. The Kier molecular flexibility index (Phi) is 4.14. The van der Waals surface area contributed by atoms with Crippen molar-refractivity contribution in [3.05, 3.63) is 29.8 Å². The van der Waals surface area contributed by atoms with Crippen molar-refractivity contribution < 1.29 is 4.21 Å². The molecule has 0 saturated heterocycles. The Hall–Kier alpha value is -1.34. The maximum Gasteiger partial charge on any atom is 0.0991 e. The first kappa shape index (κ1) is 10.7. The minimum atomic E-state index is -0.760. The number of rotatable bonds is 4. The highest BCUT2D eigenvalue weighted by atomic mass is 32.2. The van der Waals surface area contributed by atoms with Gasteiger partial charge in [0.1, 0.15) is 0 Å². The molecular formula is C10H12N2OS. The van der Waals surface area contributed by atoms with Gasteiger partial charge in [-0.05, 0) is 24.3 Å². The Morgan fingerprint density at radius 2 is 2.07 bits per heavy atom. The van der Waals surface area contributed by atoms with Crippen molar-refractivity contribution in [3.8, 4) is 6.07 Å². The van der Waals surface area contributed by atoms with E-state index in [0.29, 0.717) is 17.9 Å². The molecule has 14 heavy (non-hydrogen) atoms. The van der Waals surface area contributed by atoms with Crippen LogP contribution in [0.2, 0.25) is 0 Å². The van der Waals surface area contributed by atoms with Gasteiger partial charge in [-0.25, -0.2) is 0 Å². The molecule has 74 valence electrons. The smallest absolute Gasteiger partial charge is 0.0991 e. The Bertz CT molecular complexity index is 353. The Balaban J connectivity index is 2.45. The third-order valence-corrected chi connectivity index (χ3v) is 2.51. The van der Waals surface area contributed by atoms with Crippen molar-refractivity contribution >= 4 is 16.5 Å². The van der Waals surface area contributed by atoms with Crippen LogP contribution >= 0.6 is 0 Å². The molecule has 0 aliphatic carbocycles. The molecule has 0 spiro atoms. The Morgan fingerprint density at radius 3 is 2.57 bits per heavy atom. The van der Waals surface area contributed by atoms with E-state index < -0.39 is 10.8 Å². The average Bonchev–Trinajstić information content (AvgIpc) is 2.18. The highest BCUT2D eigenvalue weighted by molar-refractivity contribution is 7.84. The van der Waals surface area contributed by atoms with Gasteiger partial charge in [0.25, 0.3) is 0 Å². The molecule has 4 heteroatoms. The summed E-state index contributed by atoms with van der Waals surface area (Å²) in [6.45, 7) is 0.689. The van der Waals surface area contributed by atoms with Gasteiger partial charge in [0.05, 0.1) is 11.6 Å². The van der Waals surface area contributed by atoms with E-state index in [2.05, 4.69) is 11.4 Å². The van der Waals surface area contributed by atoms with Crippen LogP contribution in [0.4, 0.5) is 5.69 Å². The van der Waals surface area contributed by atoms with E-state index in [0.717, 1.165) is 5.69 Å². The molecule has 0 aliphatic heterocycles. The van der Waals surface area contributed by atoms with Crippen LogP contribution in [-0.2, 0) is 10.8 Å². The molecule has 1 aromatic rings. The lowest BCUT2D eigenvalue weighted by molar-refractivity contribution is 0.687. The van der Waals surface area contributed by atoms with Gasteiger partial charge in [0.2, 0.25) is 0 Å². The molecule has 1 aromatic carbocycles. The first-order valence-electron chi connectivity index (χ1n) is 4.26. The van der Waals surface area contributed by atoms with Crippen LogP contribution in [0, 0.1) is 11.3 Å². The lowest BCUT2D eigenvalue weighted by atomic mass is 10.2. The summed E-state index contributed by atoms with van der Waals surface area (Å²) in [5.74, 6) is 0.639. The predicted molar refractivity (Wildman–Crippen MR) is 58.6 cm³/mol. The summed E-state index contributed by atoms with van der Waals surface area (Å²) in [6, 6.07) is 9.25. The van der Waals surface area contributed by atoms with Crippen molar-refractivity contribution in [2.24, 2.45) is 0 Å². The number of hydrogen-bond donors (Lipinski definition) is 1. The van der Waals surface area contributed by atoms with Crippen molar-refractivity contribution in [1.29, 1.82) is 5.26 Å². The monoisotopic (exact) mass is 208 g/mol. The number of hydrogen-bond acceptors (Lipinski definition) is 3. The van der Waals surface area contributed by atoms with Crippen LogP contribution in [-0.4, -0.2) is 22.8 Å². The van der Waals surface area contributed by atoms with E-state index in [1.807, 2.05) is 12.1 Å². The van der Waals surface area contributed by atoms with Crippen LogP contribution in [0.15, 0.2) is 24.3 Å². The highest BCUT2D eigenvalue weighted by Gasteiger charge is 1.94. The summed E-state index contributed by atoms with van der Waals surface area (Å²) in [6.07, 6.45) is 1.68. The van der Waals surface area contributed by atoms with Gasteiger partial charge < -0.3 is 5.32 Å². The number of nitrogens with one attached hydrogen (secondary N) is 1. The molecule has 0 radical (unpaired) electrons. The second kappa shape index (κ2) is 5.40. The molecule has 0 heterocycles. The first-order chi connectivity index (χ1) is 6.72. The van der Waals surface area contributed by atoms with Crippen LogP contribution in [0.5, 0.6) is 0 Å². The third kappa shape index (κ3) is 3.58. The standard InChI is InChI=1S/C10H12N2OS/c1-14(13)7-6-12-10-4-2-9(8-11)3-5-10/h2-5,12H,6-7H2,1H3. The quantitative estimate of drug-likeness (QED) is 0.812. The summed E-state index contributed by atoms with van der Waals surface area (Å²) >= 11 is 0. The van der Waals surface area contributed by atoms with E-state index in [-0.39, 0.29) is 0 Å². The summed E-state index contributed by atoms with van der Waals surface area (Å²) in [5.41, 5.74) is 1.60. The fourth-order valence-electron chi connectivity index (χ4n) is 1.00. The molecule has 0 saturated carbocycles. The lowest BCUT2D eigenvalue weighted by Gasteiger charge is -2.04. The summed E-state index contributed by atoms with van der Waals surface area (Å²) in [5, 5.41) is 11.7. The van der Waals surface area contributed by atoms with E-state index in [9.17, 15) is 4.21 Å². The summed E-state index contributed by atoms with van der Waals surface area (Å²) in [4.78, 5) is 0. The lowest BCUT2D eigenvalue weighted by Crippen LogP contribution is -2.09. The molecule has 1 atom stereocenters. The number of nitriles is 1. The second-order valence-corrected chi connectivity index (χ2v) is 4.45. The molecule has 0 amide bonds. The Labute approximate surface area is 86.2 Å². The van der Waals surface area contributed by atoms with E-state index in [1.165, 1.54) is 0 Å². The van der Waals surface area contributed by atoms with Crippen molar-refractivity contribution in [2.45, 2.75) is 0 Å². The fraction of sp³-hybridized carbons (Fsp3) is 0.300. The van der Waals surface area contributed by atoms with Gasteiger partial charge >= 0.3 is 0 Å². The molecular weight excluding hydrogens is 196 g/mol. The van der Waals surface area contributed by atoms with Gasteiger partial charge in [0, 0.05) is 35.0 Å². The van der Waals surface area contributed by atoms with Gasteiger partial charge in [-0.2, -0.15) is 5.26 Å². The Morgan fingerprint density at radius 1 is 1.43 bits per heavy atom. The first-order valence-corrected chi connectivity index (χ1v) is 5.99. The minimum absolute atomic E-state index is 0.639. The second-order valence-electron chi connectivity index (χ2n) is 2.89. The van der Waals surface area contributed by atoms with E-state index in [4.69, 9.17) is 5.26 Å². The normalized spacial score (nSPS) is 11.7. The summed E-state index contributed by atoms with van der Waals surface area (Å²) in [7, 11) is -0.760. The molecule has 1 N–H and O–H groups in total. The third-order valence-electron chi connectivity index (χ3n) is 1.73. The van der Waals surface area contributed by atoms with Gasteiger partial charge in [0.15, 0.2) is 0 Å². The molecule has 1 unspecified atom stereocenters. The topological polar surface area (TPSA) is 52.9 Å². The molecule has 0 fully saturated rings. The van der Waals surface area contributed by atoms with Crippen LogP contribution in [0.3, 0.4) is 0 Å². The van der Waals surface area contributed by atoms with Crippen LogP contribution in [0.1, 0.15) is 5.56 Å². The predicted octanol–water partition coefficient (Wildman–Crippen LogP) is 1.35. The number of nitrogens with zero attached hydrogens (tertiary/aromatic N) is 1. The minimum Gasteiger partial charge on any atom is -0.384 e. The van der Waals surface area contributed by atoms with Crippen LogP contribution in [0.25, 0.3) is 0 Å². The number of anilines is 1. The van der Waals surface area contributed by atoms with Crippen molar-refractivity contribution in [1.82, 2.24) is 0 Å². The van der Waals surface area contributed by atoms with E-state index in [1.54, 1.807) is 18.4 Å². The van der Waals surface area contributed by atoms with Gasteiger partial charge in [-0.3, -0.25) is 4.21 Å². The largest absolute Gasteiger partial charge is 0.384 e. The molecule has 0 aromatic heterocycles. The number of benzene rings is 1. The van der Waals surface area contributed by atoms with Gasteiger partial charge in [-0.15, -0.1) is 0 Å².